The highest BCUT2D eigenvalue weighted by molar-refractivity contribution is 5.94. The molecule has 0 heterocycles. The van der Waals surface area contributed by atoms with Crippen LogP contribution in [0.1, 0.15) is 73.0 Å². The van der Waals surface area contributed by atoms with E-state index in [-0.39, 0.29) is 11.3 Å². The molecule has 0 spiro atoms. The van der Waals surface area contributed by atoms with Crippen LogP contribution in [0, 0.1) is 23.7 Å². The molecule has 3 aromatic carbocycles. The quantitative estimate of drug-likeness (QED) is 0.341. The molecule has 198 valence electrons. The lowest BCUT2D eigenvalue weighted by atomic mass is 9.51. The summed E-state index contributed by atoms with van der Waals surface area (Å²) in [7, 11) is 1.69. The second kappa shape index (κ2) is 10.2. The van der Waals surface area contributed by atoms with E-state index >= 15 is 0 Å². The highest BCUT2D eigenvalue weighted by atomic mass is 16.5. The minimum atomic E-state index is 0.0431. The van der Waals surface area contributed by atoms with Crippen LogP contribution >= 0.6 is 0 Å². The number of fused-ring (bicyclic) bond motifs is 4. The molecule has 2 saturated carbocycles. The fourth-order valence-electron chi connectivity index (χ4n) is 7.38. The standard InChI is InChI=1S/C35H41NO2/c1-23-32-21-29-13-14-30(22-33(29)35(23,2)17-15-28(32)19-25-7-8-25)34(37)36-18-16-24-9-11-26(12-10-24)27-5-4-6-31(20-27)38-3/h4-6,9-14,20,22-23,25,28,32H,7-8,15-19,21H2,1-3H3,(H,36,37)/t23-,28?,32+,35+/m0/s1. The summed E-state index contributed by atoms with van der Waals surface area (Å²) >= 11 is 0. The summed E-state index contributed by atoms with van der Waals surface area (Å²) in [4.78, 5) is 13.1. The van der Waals surface area contributed by atoms with Gasteiger partial charge in [0.05, 0.1) is 7.11 Å². The van der Waals surface area contributed by atoms with E-state index in [1.807, 2.05) is 12.1 Å². The predicted molar refractivity (Wildman–Crippen MR) is 155 cm³/mol. The second-order valence-electron chi connectivity index (χ2n) is 12.4. The molecule has 0 aliphatic heterocycles. The van der Waals surface area contributed by atoms with Gasteiger partial charge in [-0.3, -0.25) is 4.79 Å². The maximum Gasteiger partial charge on any atom is 0.251 e. The molecule has 3 aliphatic rings. The molecule has 1 N–H and O–H groups in total. The SMILES string of the molecule is COc1cccc(-c2ccc(CCNC(=O)c3ccc4c(c3)[C@]3(C)CCC(CC5CC5)[C@H](C4)[C@@H]3C)cc2)c1. The first kappa shape index (κ1) is 25.2. The van der Waals surface area contributed by atoms with Crippen LogP contribution in [0.15, 0.2) is 66.7 Å². The fourth-order valence-corrected chi connectivity index (χ4v) is 7.38. The van der Waals surface area contributed by atoms with Gasteiger partial charge in [0.25, 0.3) is 5.91 Å². The first-order valence-electron chi connectivity index (χ1n) is 14.6. The Morgan fingerprint density at radius 3 is 2.58 bits per heavy atom. The lowest BCUT2D eigenvalue weighted by molar-refractivity contribution is 0.0594. The molecule has 3 aromatic rings. The van der Waals surface area contributed by atoms with E-state index in [1.165, 1.54) is 55.2 Å². The van der Waals surface area contributed by atoms with Gasteiger partial charge in [0.1, 0.15) is 5.75 Å². The lowest BCUT2D eigenvalue weighted by Crippen LogP contribution is -2.48. The Morgan fingerprint density at radius 1 is 1.00 bits per heavy atom. The molecule has 38 heavy (non-hydrogen) atoms. The monoisotopic (exact) mass is 507 g/mol. The number of benzene rings is 3. The molecule has 0 saturated heterocycles. The van der Waals surface area contributed by atoms with Crippen molar-refractivity contribution in [2.45, 2.75) is 64.2 Å². The van der Waals surface area contributed by atoms with Crippen LogP contribution in [0.3, 0.4) is 0 Å². The number of methoxy groups -OCH3 is 1. The number of amides is 1. The average Bonchev–Trinajstić information content (AvgIpc) is 3.77. The Labute approximate surface area is 228 Å². The number of carbonyl (C=O) groups is 1. The van der Waals surface area contributed by atoms with Gasteiger partial charge in [-0.2, -0.15) is 0 Å². The van der Waals surface area contributed by atoms with Gasteiger partial charge in [0.15, 0.2) is 0 Å². The number of rotatable bonds is 8. The van der Waals surface area contributed by atoms with Crippen LogP contribution in [-0.2, 0) is 18.3 Å². The molecule has 0 aromatic heterocycles. The van der Waals surface area contributed by atoms with Crippen LogP contribution in [0.25, 0.3) is 11.1 Å². The van der Waals surface area contributed by atoms with Gasteiger partial charge in [-0.25, -0.2) is 0 Å². The number of nitrogens with one attached hydrogen (secondary N) is 1. The van der Waals surface area contributed by atoms with Gasteiger partial charge in [-0.05, 0) is 113 Å². The molecule has 3 aliphatic carbocycles. The summed E-state index contributed by atoms with van der Waals surface area (Å²) in [6.07, 6.45) is 8.98. The van der Waals surface area contributed by atoms with E-state index < -0.39 is 0 Å². The number of hydrogen-bond donors (Lipinski definition) is 1. The third kappa shape index (κ3) is 4.88. The molecule has 2 bridgehead atoms. The van der Waals surface area contributed by atoms with Crippen molar-refractivity contribution in [3.05, 3.63) is 89.0 Å². The van der Waals surface area contributed by atoms with Crippen LogP contribution in [0.4, 0.5) is 0 Å². The Bertz CT molecular complexity index is 1310. The van der Waals surface area contributed by atoms with Crippen LogP contribution in [-0.4, -0.2) is 19.6 Å². The zero-order valence-corrected chi connectivity index (χ0v) is 23.1. The smallest absolute Gasteiger partial charge is 0.251 e. The molecule has 3 nitrogen and oxygen atoms in total. The second-order valence-corrected chi connectivity index (χ2v) is 12.4. The van der Waals surface area contributed by atoms with Crippen molar-refractivity contribution in [2.24, 2.45) is 23.7 Å². The van der Waals surface area contributed by atoms with Gasteiger partial charge in [-0.1, -0.05) is 69.2 Å². The summed E-state index contributed by atoms with van der Waals surface area (Å²) < 4.78 is 5.35. The molecular formula is C35H41NO2. The van der Waals surface area contributed by atoms with Gasteiger partial charge < -0.3 is 10.1 Å². The number of carbonyl (C=O) groups excluding carboxylic acids is 1. The molecule has 2 fully saturated rings. The summed E-state index contributed by atoms with van der Waals surface area (Å²) in [5.41, 5.74) is 7.45. The van der Waals surface area contributed by atoms with E-state index in [1.54, 1.807) is 7.11 Å². The van der Waals surface area contributed by atoms with Crippen molar-refractivity contribution in [3.63, 3.8) is 0 Å². The molecule has 1 amide bonds. The minimum Gasteiger partial charge on any atom is -0.497 e. The first-order valence-corrected chi connectivity index (χ1v) is 14.6. The maximum atomic E-state index is 13.1. The Morgan fingerprint density at radius 2 is 1.82 bits per heavy atom. The van der Waals surface area contributed by atoms with Crippen LogP contribution in [0.5, 0.6) is 5.75 Å². The maximum absolute atomic E-state index is 13.1. The molecule has 0 radical (unpaired) electrons. The molecule has 1 unspecified atom stereocenters. The summed E-state index contributed by atoms with van der Waals surface area (Å²) in [6, 6.07) is 23.2. The van der Waals surface area contributed by atoms with E-state index in [0.717, 1.165) is 46.6 Å². The zero-order chi connectivity index (χ0) is 26.3. The number of ether oxygens (including phenoxy) is 1. The van der Waals surface area contributed by atoms with Crippen LogP contribution < -0.4 is 10.1 Å². The lowest BCUT2D eigenvalue weighted by Gasteiger charge is -2.53. The molecule has 4 atom stereocenters. The van der Waals surface area contributed by atoms with E-state index in [2.05, 4.69) is 73.8 Å². The highest BCUT2D eigenvalue weighted by Gasteiger charge is 2.49. The van der Waals surface area contributed by atoms with E-state index in [0.29, 0.717) is 12.5 Å². The third-order valence-corrected chi connectivity index (χ3v) is 10.1. The van der Waals surface area contributed by atoms with Crippen molar-refractivity contribution in [1.82, 2.24) is 5.32 Å². The van der Waals surface area contributed by atoms with Crippen molar-refractivity contribution in [3.8, 4) is 16.9 Å². The van der Waals surface area contributed by atoms with Gasteiger partial charge >= 0.3 is 0 Å². The summed E-state index contributed by atoms with van der Waals surface area (Å²) in [6.45, 7) is 5.58. The van der Waals surface area contributed by atoms with Crippen molar-refractivity contribution in [1.29, 1.82) is 0 Å². The zero-order valence-electron chi connectivity index (χ0n) is 23.1. The Kier molecular flexibility index (Phi) is 6.80. The van der Waals surface area contributed by atoms with Crippen molar-refractivity contribution < 1.29 is 9.53 Å². The van der Waals surface area contributed by atoms with Gasteiger partial charge in [0, 0.05) is 12.1 Å². The van der Waals surface area contributed by atoms with Crippen molar-refractivity contribution in [2.75, 3.05) is 13.7 Å². The average molecular weight is 508 g/mol. The van der Waals surface area contributed by atoms with Gasteiger partial charge in [0.2, 0.25) is 0 Å². The van der Waals surface area contributed by atoms with Crippen molar-refractivity contribution >= 4 is 5.91 Å². The van der Waals surface area contributed by atoms with E-state index in [4.69, 9.17) is 4.74 Å². The summed E-state index contributed by atoms with van der Waals surface area (Å²) in [5, 5.41) is 3.18. The highest BCUT2D eigenvalue weighted by Crippen LogP contribution is 2.56. The first-order chi connectivity index (χ1) is 18.4. The normalized spacial score (nSPS) is 25.9. The topological polar surface area (TPSA) is 38.3 Å². The van der Waals surface area contributed by atoms with Gasteiger partial charge in [-0.15, -0.1) is 0 Å². The predicted octanol–water partition coefficient (Wildman–Crippen LogP) is 7.61. The van der Waals surface area contributed by atoms with Crippen LogP contribution in [0.2, 0.25) is 0 Å². The molecule has 3 heteroatoms. The molecular weight excluding hydrogens is 466 g/mol. The fraction of sp³-hybridized carbons (Fsp3) is 0.457. The Balaban J connectivity index is 1.09. The minimum absolute atomic E-state index is 0.0431. The summed E-state index contributed by atoms with van der Waals surface area (Å²) in [5.74, 6) is 4.30. The third-order valence-electron chi connectivity index (χ3n) is 10.1. The van der Waals surface area contributed by atoms with E-state index in [9.17, 15) is 4.79 Å². The Hall–Kier alpha value is -3.07. The number of hydrogen-bond acceptors (Lipinski definition) is 2. The molecule has 6 rings (SSSR count). The largest absolute Gasteiger partial charge is 0.497 e.